The highest BCUT2D eigenvalue weighted by Crippen LogP contribution is 2.33. The first-order valence-electron chi connectivity index (χ1n) is 7.92. The lowest BCUT2D eigenvalue weighted by Crippen LogP contribution is -2.27. The largest absolute Gasteiger partial charge is 0.478 e. The minimum absolute atomic E-state index is 0.0409. The number of ether oxygens (including phenoxy) is 1. The molecule has 8 heteroatoms. The Hall–Kier alpha value is -3.42. The number of aromatic nitrogens is 2. The molecule has 1 amide bonds. The van der Waals surface area contributed by atoms with Crippen LogP contribution >= 0.6 is 0 Å². The molecule has 8 nitrogen and oxygen atoms in total. The van der Waals surface area contributed by atoms with Gasteiger partial charge in [-0.15, -0.1) is 0 Å². The number of carboxylic acid groups (broad SMARTS) is 1. The van der Waals surface area contributed by atoms with Crippen molar-refractivity contribution in [3.8, 4) is 11.5 Å². The molecule has 26 heavy (non-hydrogen) atoms. The molecular weight excluding hydrogens is 338 g/mol. The minimum atomic E-state index is -1.09. The van der Waals surface area contributed by atoms with Gasteiger partial charge < -0.3 is 19.2 Å². The van der Waals surface area contributed by atoms with Gasteiger partial charge in [-0.2, -0.15) is 0 Å². The molecule has 0 radical (unpaired) electrons. The summed E-state index contributed by atoms with van der Waals surface area (Å²) in [4.78, 5) is 32.9. The van der Waals surface area contributed by atoms with Gasteiger partial charge >= 0.3 is 5.97 Å². The van der Waals surface area contributed by atoms with E-state index in [2.05, 4.69) is 9.97 Å². The quantitative estimate of drug-likeness (QED) is 0.749. The van der Waals surface area contributed by atoms with Crippen LogP contribution in [-0.4, -0.2) is 45.4 Å². The number of aryl methyl sites for hydroxylation is 1. The van der Waals surface area contributed by atoms with Crippen molar-refractivity contribution in [2.45, 2.75) is 13.8 Å². The van der Waals surface area contributed by atoms with Gasteiger partial charge in [-0.1, -0.05) is 0 Å². The van der Waals surface area contributed by atoms with Crippen LogP contribution < -0.4 is 4.74 Å². The maximum atomic E-state index is 12.0. The number of benzene rings is 1. The lowest BCUT2D eigenvalue weighted by Gasteiger charge is -2.13. The topological polar surface area (TPSA) is 106 Å². The van der Waals surface area contributed by atoms with Crippen LogP contribution in [0.4, 0.5) is 0 Å². The first-order valence-corrected chi connectivity index (χ1v) is 7.92. The van der Waals surface area contributed by atoms with E-state index in [0.717, 1.165) is 0 Å². The van der Waals surface area contributed by atoms with E-state index in [1.807, 2.05) is 6.92 Å². The summed E-state index contributed by atoms with van der Waals surface area (Å²) in [6.45, 7) is 4.15. The fraction of sp³-hybridized carbons (Fsp3) is 0.222. The second-order valence-corrected chi connectivity index (χ2v) is 5.71. The van der Waals surface area contributed by atoms with Crippen LogP contribution in [0.5, 0.6) is 11.5 Å². The Labute approximate surface area is 149 Å². The molecule has 1 N–H and O–H groups in total. The fourth-order valence-electron chi connectivity index (χ4n) is 2.36. The first-order chi connectivity index (χ1) is 12.4. The number of fused-ring (bicyclic) bond motifs is 1. The number of rotatable bonds is 5. The van der Waals surface area contributed by atoms with Gasteiger partial charge in [0.15, 0.2) is 5.75 Å². The second-order valence-electron chi connectivity index (χ2n) is 5.71. The van der Waals surface area contributed by atoms with E-state index in [0.29, 0.717) is 29.0 Å². The molecule has 0 aliphatic heterocycles. The third-order valence-electron chi connectivity index (χ3n) is 3.84. The highest BCUT2D eigenvalue weighted by molar-refractivity contribution is 5.96. The van der Waals surface area contributed by atoms with Crippen LogP contribution in [0, 0.1) is 6.92 Å². The summed E-state index contributed by atoms with van der Waals surface area (Å²) in [5.74, 6) is -0.101. The van der Waals surface area contributed by atoms with E-state index in [1.165, 1.54) is 29.4 Å². The molecule has 3 rings (SSSR count). The molecule has 1 aromatic carbocycles. The summed E-state index contributed by atoms with van der Waals surface area (Å²) in [6, 6.07) is 4.60. The van der Waals surface area contributed by atoms with Gasteiger partial charge in [-0.05, 0) is 32.0 Å². The van der Waals surface area contributed by atoms with Gasteiger partial charge in [0.2, 0.25) is 5.82 Å². The molecule has 0 bridgehead atoms. The fourth-order valence-corrected chi connectivity index (χ4v) is 2.36. The van der Waals surface area contributed by atoms with Crippen LogP contribution in [0.2, 0.25) is 0 Å². The number of nitrogens with zero attached hydrogens (tertiary/aromatic N) is 3. The van der Waals surface area contributed by atoms with E-state index in [9.17, 15) is 14.7 Å². The predicted octanol–water partition coefficient (Wildman–Crippen LogP) is 3.11. The molecule has 0 spiro atoms. The Kier molecular flexibility index (Phi) is 4.57. The lowest BCUT2D eigenvalue weighted by atomic mass is 10.1. The predicted molar refractivity (Wildman–Crippen MR) is 92.7 cm³/mol. The summed E-state index contributed by atoms with van der Waals surface area (Å²) in [6.07, 6.45) is 2.74. The number of hydrogen-bond acceptors (Lipinski definition) is 6. The van der Waals surface area contributed by atoms with Crippen molar-refractivity contribution in [2.75, 3.05) is 13.6 Å². The normalized spacial score (nSPS) is 10.7. The molecule has 2 aromatic heterocycles. The highest BCUT2D eigenvalue weighted by atomic mass is 16.5. The Morgan fingerprint density at radius 3 is 2.54 bits per heavy atom. The van der Waals surface area contributed by atoms with Crippen molar-refractivity contribution >= 4 is 22.8 Å². The molecule has 0 saturated heterocycles. The van der Waals surface area contributed by atoms with Crippen LogP contribution in [0.15, 0.2) is 35.0 Å². The second kappa shape index (κ2) is 6.83. The summed E-state index contributed by atoms with van der Waals surface area (Å²) in [5.41, 5.74) is 0.453. The van der Waals surface area contributed by atoms with E-state index in [-0.39, 0.29) is 23.0 Å². The van der Waals surface area contributed by atoms with Crippen molar-refractivity contribution in [3.63, 3.8) is 0 Å². The number of hydrogen-bond donors (Lipinski definition) is 1. The number of carboxylic acids is 1. The Morgan fingerprint density at radius 2 is 1.92 bits per heavy atom. The van der Waals surface area contributed by atoms with Crippen molar-refractivity contribution in [1.29, 1.82) is 0 Å². The van der Waals surface area contributed by atoms with E-state index >= 15 is 0 Å². The van der Waals surface area contributed by atoms with Gasteiger partial charge in [0, 0.05) is 13.6 Å². The molecule has 0 fully saturated rings. The number of carbonyl (C=O) groups is 2. The third kappa shape index (κ3) is 3.34. The van der Waals surface area contributed by atoms with E-state index in [1.54, 1.807) is 20.0 Å². The molecular formula is C18H17N3O5. The maximum Gasteiger partial charge on any atom is 0.335 e. The smallest absolute Gasteiger partial charge is 0.335 e. The Bertz CT molecular complexity index is 978. The summed E-state index contributed by atoms with van der Waals surface area (Å²) >= 11 is 0. The first kappa shape index (κ1) is 17.4. The van der Waals surface area contributed by atoms with Crippen molar-refractivity contribution in [3.05, 3.63) is 47.7 Å². The molecule has 0 aliphatic rings. The summed E-state index contributed by atoms with van der Waals surface area (Å²) in [5, 5.41) is 9.89. The van der Waals surface area contributed by atoms with Crippen molar-refractivity contribution in [2.24, 2.45) is 0 Å². The number of furan rings is 1. The Morgan fingerprint density at radius 1 is 1.23 bits per heavy atom. The molecule has 2 heterocycles. The summed E-state index contributed by atoms with van der Waals surface area (Å²) < 4.78 is 11.2. The molecule has 0 saturated carbocycles. The molecule has 0 atom stereocenters. The molecule has 134 valence electrons. The zero-order chi connectivity index (χ0) is 18.8. The average Bonchev–Trinajstić information content (AvgIpc) is 3.01. The Balaban J connectivity index is 1.93. The van der Waals surface area contributed by atoms with Gasteiger partial charge in [0.25, 0.3) is 5.91 Å². The van der Waals surface area contributed by atoms with Crippen LogP contribution in [0.25, 0.3) is 11.0 Å². The van der Waals surface area contributed by atoms with E-state index < -0.39 is 5.97 Å². The number of aromatic carboxylic acids is 1. The van der Waals surface area contributed by atoms with Gasteiger partial charge in [-0.25, -0.2) is 14.8 Å². The third-order valence-corrected chi connectivity index (χ3v) is 3.84. The van der Waals surface area contributed by atoms with Crippen molar-refractivity contribution < 1.29 is 23.8 Å². The highest BCUT2D eigenvalue weighted by Gasteiger charge is 2.16. The van der Waals surface area contributed by atoms with Gasteiger partial charge in [-0.3, -0.25) is 4.79 Å². The minimum Gasteiger partial charge on any atom is -0.478 e. The standard InChI is InChI=1S/C18H17N3O5/c1-4-21(3)17(22)16-19-8-12(9-20-16)26-15-7-11(18(23)24)6-14-13(15)5-10(2)25-14/h5-9H,4H2,1-3H3,(H,23,24). The van der Waals surface area contributed by atoms with Gasteiger partial charge in [0.05, 0.1) is 23.3 Å². The lowest BCUT2D eigenvalue weighted by molar-refractivity contribution is 0.0695. The van der Waals surface area contributed by atoms with Crippen LogP contribution in [0.3, 0.4) is 0 Å². The van der Waals surface area contributed by atoms with Crippen LogP contribution in [0.1, 0.15) is 33.7 Å². The maximum absolute atomic E-state index is 12.0. The zero-order valence-corrected chi connectivity index (χ0v) is 14.5. The molecule has 0 unspecified atom stereocenters. The molecule has 0 aliphatic carbocycles. The SMILES string of the molecule is CCN(C)C(=O)c1ncc(Oc2cc(C(=O)O)cc3oc(C)cc23)cn1. The van der Waals surface area contributed by atoms with Crippen LogP contribution in [-0.2, 0) is 0 Å². The zero-order valence-electron chi connectivity index (χ0n) is 14.5. The number of carbonyl (C=O) groups excluding carboxylic acids is 1. The monoisotopic (exact) mass is 355 g/mol. The van der Waals surface area contributed by atoms with Crippen molar-refractivity contribution in [1.82, 2.24) is 14.9 Å². The number of amides is 1. The summed E-state index contributed by atoms with van der Waals surface area (Å²) in [7, 11) is 1.66. The average molecular weight is 355 g/mol. The molecule has 3 aromatic rings. The van der Waals surface area contributed by atoms with Gasteiger partial charge in [0.1, 0.15) is 17.1 Å². The van der Waals surface area contributed by atoms with E-state index in [4.69, 9.17) is 9.15 Å².